The molecule has 1 aromatic heterocycles. The Kier molecular flexibility index (Phi) is 6.81. The summed E-state index contributed by atoms with van der Waals surface area (Å²) in [5, 5.41) is 16.6. The number of aliphatic carboxylic acids is 1. The highest BCUT2D eigenvalue weighted by Gasteiger charge is 2.34. The van der Waals surface area contributed by atoms with Crippen LogP contribution in [0.1, 0.15) is 42.9 Å². The molecule has 170 valence electrons. The smallest absolute Gasteiger partial charge is 0.303 e. The van der Waals surface area contributed by atoms with Gasteiger partial charge in [0.05, 0.1) is 18.9 Å². The molecule has 9 heteroatoms. The van der Waals surface area contributed by atoms with Crippen LogP contribution < -0.4 is 4.74 Å². The monoisotopic (exact) mass is 485 g/mol. The molecule has 1 amide bonds. The lowest BCUT2D eigenvalue weighted by Crippen LogP contribution is -2.27. The van der Waals surface area contributed by atoms with Crippen molar-refractivity contribution in [2.24, 2.45) is 5.10 Å². The van der Waals surface area contributed by atoms with Gasteiger partial charge in [-0.05, 0) is 36.2 Å². The summed E-state index contributed by atoms with van der Waals surface area (Å²) in [5.74, 6) is -0.610. The van der Waals surface area contributed by atoms with Gasteiger partial charge in [-0.1, -0.05) is 47.5 Å². The number of para-hydroxylation sites is 1. The quantitative estimate of drug-likeness (QED) is 0.447. The zero-order valence-corrected chi connectivity index (χ0v) is 19.3. The molecule has 1 aliphatic heterocycles. The summed E-state index contributed by atoms with van der Waals surface area (Å²) in [7, 11) is 1.57. The number of rotatable bonds is 7. The number of carboxylic acid groups (broad SMARTS) is 1. The van der Waals surface area contributed by atoms with Crippen molar-refractivity contribution in [2.45, 2.75) is 31.7 Å². The molecule has 0 fully saturated rings. The Balaban J connectivity index is 1.71. The number of fused-ring (bicyclic) bond motifs is 1. The van der Waals surface area contributed by atoms with Crippen molar-refractivity contribution in [3.05, 3.63) is 69.8 Å². The molecule has 0 aliphatic carbocycles. The molecule has 1 unspecified atom stereocenters. The SMILES string of the molecule is COc1cccc2cc(C3CC(c4ccc(Cl)cc4)=NN3C(=O)CCCC(=O)O)c(Cl)nc12. The van der Waals surface area contributed by atoms with E-state index in [0.717, 1.165) is 10.9 Å². The second-order valence-corrected chi connectivity index (χ2v) is 8.45. The maximum Gasteiger partial charge on any atom is 0.303 e. The van der Waals surface area contributed by atoms with Crippen molar-refractivity contribution in [1.29, 1.82) is 0 Å². The lowest BCUT2D eigenvalue weighted by atomic mass is 9.98. The molecule has 0 radical (unpaired) electrons. The number of carbonyl (C=O) groups is 2. The van der Waals surface area contributed by atoms with E-state index >= 15 is 0 Å². The minimum absolute atomic E-state index is 0.0622. The highest BCUT2D eigenvalue weighted by atomic mass is 35.5. The van der Waals surface area contributed by atoms with E-state index in [4.69, 9.17) is 33.0 Å². The van der Waals surface area contributed by atoms with E-state index in [0.29, 0.717) is 34.0 Å². The van der Waals surface area contributed by atoms with E-state index in [-0.39, 0.29) is 30.3 Å². The fourth-order valence-electron chi connectivity index (χ4n) is 3.87. The average molecular weight is 486 g/mol. The standard InChI is InChI=1S/C24H21Cl2N3O4/c1-33-20-5-2-4-15-12-17(24(26)27-23(15)20)19-13-18(14-8-10-16(25)11-9-14)28-29(19)21(30)6-3-7-22(31)32/h2,4-5,8-12,19H,3,6-7,13H2,1H3,(H,31,32). The van der Waals surface area contributed by atoms with Crippen LogP contribution in [0.4, 0.5) is 0 Å². The van der Waals surface area contributed by atoms with Gasteiger partial charge in [-0.15, -0.1) is 0 Å². The molecule has 7 nitrogen and oxygen atoms in total. The topological polar surface area (TPSA) is 92.1 Å². The van der Waals surface area contributed by atoms with Crippen LogP contribution in [0.15, 0.2) is 53.6 Å². The van der Waals surface area contributed by atoms with Gasteiger partial charge in [-0.25, -0.2) is 9.99 Å². The van der Waals surface area contributed by atoms with Crippen LogP contribution in [0.3, 0.4) is 0 Å². The Hall–Kier alpha value is -3.16. The first kappa shape index (κ1) is 23.0. The number of carboxylic acids is 1. The number of ether oxygens (including phenoxy) is 1. The number of aromatic nitrogens is 1. The molecular weight excluding hydrogens is 465 g/mol. The van der Waals surface area contributed by atoms with Crippen molar-refractivity contribution in [3.63, 3.8) is 0 Å². The predicted octanol–water partition coefficient (Wildman–Crippen LogP) is 5.48. The van der Waals surface area contributed by atoms with Gasteiger partial charge in [0.15, 0.2) is 0 Å². The fourth-order valence-corrected chi connectivity index (χ4v) is 4.26. The second-order valence-electron chi connectivity index (χ2n) is 7.66. The molecule has 3 aromatic rings. The van der Waals surface area contributed by atoms with Crippen LogP contribution in [-0.2, 0) is 9.59 Å². The number of hydrogen-bond acceptors (Lipinski definition) is 5. The van der Waals surface area contributed by atoms with Crippen LogP contribution in [-0.4, -0.2) is 39.8 Å². The van der Waals surface area contributed by atoms with E-state index < -0.39 is 12.0 Å². The minimum atomic E-state index is -0.943. The predicted molar refractivity (Wildman–Crippen MR) is 127 cm³/mol. The van der Waals surface area contributed by atoms with Crippen molar-refractivity contribution in [3.8, 4) is 5.75 Å². The van der Waals surface area contributed by atoms with E-state index in [9.17, 15) is 9.59 Å². The van der Waals surface area contributed by atoms with Crippen LogP contribution in [0.25, 0.3) is 10.9 Å². The second kappa shape index (κ2) is 9.77. The lowest BCUT2D eigenvalue weighted by Gasteiger charge is -2.23. The number of carbonyl (C=O) groups excluding carboxylic acids is 1. The molecule has 1 atom stereocenters. The third-order valence-electron chi connectivity index (χ3n) is 5.49. The molecule has 2 aromatic carbocycles. The molecule has 0 saturated heterocycles. The Labute approximate surface area is 200 Å². The maximum absolute atomic E-state index is 13.0. The molecule has 0 bridgehead atoms. The van der Waals surface area contributed by atoms with Crippen molar-refractivity contribution < 1.29 is 19.4 Å². The summed E-state index contributed by atoms with van der Waals surface area (Å²) in [6.07, 6.45) is 0.635. The molecule has 1 aliphatic rings. The number of halogens is 2. The maximum atomic E-state index is 13.0. The Morgan fingerprint density at radius 3 is 2.61 bits per heavy atom. The number of methoxy groups -OCH3 is 1. The molecule has 4 rings (SSSR count). The zero-order valence-electron chi connectivity index (χ0n) is 17.8. The number of pyridine rings is 1. The van der Waals surface area contributed by atoms with Crippen LogP contribution in [0.5, 0.6) is 5.75 Å². The van der Waals surface area contributed by atoms with Gasteiger partial charge in [0.2, 0.25) is 5.91 Å². The van der Waals surface area contributed by atoms with Gasteiger partial charge >= 0.3 is 5.97 Å². The van der Waals surface area contributed by atoms with Crippen LogP contribution in [0, 0.1) is 0 Å². The Bertz CT molecular complexity index is 1240. The molecule has 0 spiro atoms. The molecule has 33 heavy (non-hydrogen) atoms. The Morgan fingerprint density at radius 2 is 1.91 bits per heavy atom. The largest absolute Gasteiger partial charge is 0.494 e. The summed E-state index contributed by atoms with van der Waals surface area (Å²) >= 11 is 12.6. The number of amides is 1. The first-order valence-electron chi connectivity index (χ1n) is 10.4. The number of nitrogens with zero attached hydrogens (tertiary/aromatic N) is 3. The third kappa shape index (κ3) is 4.94. The average Bonchev–Trinajstić information content (AvgIpc) is 3.23. The summed E-state index contributed by atoms with van der Waals surface area (Å²) in [4.78, 5) is 28.4. The van der Waals surface area contributed by atoms with Gasteiger partial charge in [-0.3, -0.25) is 9.59 Å². The highest BCUT2D eigenvalue weighted by molar-refractivity contribution is 6.31. The van der Waals surface area contributed by atoms with Gasteiger partial charge in [-0.2, -0.15) is 5.10 Å². The van der Waals surface area contributed by atoms with E-state index in [1.54, 1.807) is 25.3 Å². The first-order valence-corrected chi connectivity index (χ1v) is 11.1. The Morgan fingerprint density at radius 1 is 1.15 bits per heavy atom. The van der Waals surface area contributed by atoms with Gasteiger partial charge in [0, 0.05) is 35.2 Å². The first-order chi connectivity index (χ1) is 15.9. The van der Waals surface area contributed by atoms with Crippen LogP contribution >= 0.6 is 23.2 Å². The minimum Gasteiger partial charge on any atom is -0.494 e. The fraction of sp³-hybridized carbons (Fsp3) is 0.250. The van der Waals surface area contributed by atoms with Crippen molar-refractivity contribution in [1.82, 2.24) is 9.99 Å². The number of hydrogen-bond donors (Lipinski definition) is 1. The zero-order chi connectivity index (χ0) is 23.5. The summed E-state index contributed by atoms with van der Waals surface area (Å²) in [5.41, 5.74) is 2.85. The van der Waals surface area contributed by atoms with Crippen LogP contribution in [0.2, 0.25) is 10.2 Å². The van der Waals surface area contributed by atoms with Gasteiger partial charge < -0.3 is 9.84 Å². The van der Waals surface area contributed by atoms with E-state index in [2.05, 4.69) is 10.1 Å². The summed E-state index contributed by atoms with van der Waals surface area (Å²) in [6, 6.07) is 14.2. The highest BCUT2D eigenvalue weighted by Crippen LogP contribution is 2.39. The molecule has 0 saturated carbocycles. The van der Waals surface area contributed by atoms with Gasteiger partial charge in [0.25, 0.3) is 0 Å². The molecule has 1 N–H and O–H groups in total. The van der Waals surface area contributed by atoms with E-state index in [1.165, 1.54) is 5.01 Å². The van der Waals surface area contributed by atoms with Gasteiger partial charge in [0.1, 0.15) is 16.4 Å². The third-order valence-corrected chi connectivity index (χ3v) is 6.05. The van der Waals surface area contributed by atoms with E-state index in [1.807, 2.05) is 30.3 Å². The summed E-state index contributed by atoms with van der Waals surface area (Å²) < 4.78 is 5.39. The normalized spacial score (nSPS) is 15.5. The lowest BCUT2D eigenvalue weighted by molar-refractivity contribution is -0.137. The molecular formula is C24H21Cl2N3O4. The number of benzene rings is 2. The van der Waals surface area contributed by atoms with Crippen molar-refractivity contribution >= 4 is 51.7 Å². The van der Waals surface area contributed by atoms with Crippen molar-refractivity contribution in [2.75, 3.05) is 7.11 Å². The number of hydrazone groups is 1. The summed E-state index contributed by atoms with van der Waals surface area (Å²) in [6.45, 7) is 0. The molecule has 2 heterocycles.